The number of amides is 2. The second kappa shape index (κ2) is 10.4. The quantitative estimate of drug-likeness (QED) is 0.498. The Morgan fingerprint density at radius 3 is 2.72 bits per heavy atom. The molecule has 0 unspecified atom stereocenters. The minimum atomic E-state index is -0.182. The minimum Gasteiger partial charge on any atom is -0.324 e. The number of unbranched alkanes of at least 4 members (excludes halogenated alkanes) is 1. The molecule has 0 atom stereocenters. The molecule has 1 N–H and O–H groups in total. The summed E-state index contributed by atoms with van der Waals surface area (Å²) in [6, 6.07) is 15.5. The van der Waals surface area contributed by atoms with E-state index >= 15 is 0 Å². The first-order valence-corrected chi connectivity index (χ1v) is 11.8. The molecule has 4 rings (SSSR count). The van der Waals surface area contributed by atoms with Crippen LogP contribution in [0.25, 0.3) is 5.69 Å². The molecule has 32 heavy (non-hydrogen) atoms. The monoisotopic (exact) mass is 450 g/mol. The van der Waals surface area contributed by atoms with Crippen molar-refractivity contribution < 1.29 is 9.59 Å². The van der Waals surface area contributed by atoms with Crippen molar-refractivity contribution in [3.8, 4) is 5.69 Å². The zero-order valence-corrected chi connectivity index (χ0v) is 18.8. The predicted octanol–water partition coefficient (Wildman–Crippen LogP) is 3.86. The van der Waals surface area contributed by atoms with Gasteiger partial charge in [0, 0.05) is 13.0 Å². The van der Waals surface area contributed by atoms with E-state index < -0.39 is 0 Å². The number of thioether (sulfide) groups is 1. The van der Waals surface area contributed by atoms with E-state index in [2.05, 4.69) is 39.9 Å². The number of anilines is 2. The van der Waals surface area contributed by atoms with Crippen molar-refractivity contribution in [3.05, 3.63) is 54.1 Å². The standard InChI is InChI=1S/C23H26N6O2S/c1-2-3-7-17-11-13-18(14-12-17)29-23(25-26-27-29)32-16-21(30)24-19-8-4-5-9-20(19)28-15-6-10-22(28)31/h4-5,8-9,11-14H,2-3,6-7,10,15-16H2,1H3,(H,24,30). The van der Waals surface area contributed by atoms with E-state index in [1.54, 1.807) is 9.58 Å². The van der Waals surface area contributed by atoms with Gasteiger partial charge in [0.2, 0.25) is 17.0 Å². The third kappa shape index (κ3) is 5.16. The van der Waals surface area contributed by atoms with E-state index in [4.69, 9.17) is 0 Å². The summed E-state index contributed by atoms with van der Waals surface area (Å²) >= 11 is 1.27. The van der Waals surface area contributed by atoms with Crippen LogP contribution < -0.4 is 10.2 Å². The number of aryl methyl sites for hydroxylation is 1. The molecule has 0 saturated carbocycles. The minimum absolute atomic E-state index is 0.0842. The Morgan fingerprint density at radius 2 is 1.97 bits per heavy atom. The molecule has 0 spiro atoms. The lowest BCUT2D eigenvalue weighted by atomic mass is 10.1. The molecule has 8 nitrogen and oxygen atoms in total. The van der Waals surface area contributed by atoms with Gasteiger partial charge in [-0.15, -0.1) is 5.10 Å². The Labute approximate surface area is 191 Å². The van der Waals surface area contributed by atoms with Crippen LogP contribution in [-0.2, 0) is 16.0 Å². The van der Waals surface area contributed by atoms with Crippen LogP contribution in [0.4, 0.5) is 11.4 Å². The molecule has 166 valence electrons. The fraction of sp³-hybridized carbons (Fsp3) is 0.348. The number of carbonyl (C=O) groups excluding carboxylic acids is 2. The third-order valence-electron chi connectivity index (χ3n) is 5.32. The van der Waals surface area contributed by atoms with Crippen molar-refractivity contribution in [1.29, 1.82) is 0 Å². The highest BCUT2D eigenvalue weighted by atomic mass is 32.2. The largest absolute Gasteiger partial charge is 0.324 e. The fourth-order valence-electron chi connectivity index (χ4n) is 3.65. The molecule has 1 fully saturated rings. The summed E-state index contributed by atoms with van der Waals surface area (Å²) in [6.07, 6.45) is 4.75. The number of hydrogen-bond acceptors (Lipinski definition) is 6. The summed E-state index contributed by atoms with van der Waals surface area (Å²) in [5, 5.41) is 15.4. The third-order valence-corrected chi connectivity index (χ3v) is 6.23. The molecule has 2 amide bonds. The van der Waals surface area contributed by atoms with Gasteiger partial charge in [-0.25, -0.2) is 0 Å². The summed E-state index contributed by atoms with van der Waals surface area (Å²) in [5.74, 6) is 0.0524. The SMILES string of the molecule is CCCCc1ccc(-n2nnnc2SCC(=O)Nc2ccccc2N2CCCC2=O)cc1. The molecule has 0 radical (unpaired) electrons. The molecular formula is C23H26N6O2S. The van der Waals surface area contributed by atoms with E-state index in [0.717, 1.165) is 37.1 Å². The van der Waals surface area contributed by atoms with E-state index in [1.165, 1.54) is 17.3 Å². The highest BCUT2D eigenvalue weighted by Gasteiger charge is 2.24. The summed E-state index contributed by atoms with van der Waals surface area (Å²) in [5.41, 5.74) is 3.51. The van der Waals surface area contributed by atoms with E-state index in [-0.39, 0.29) is 17.6 Å². The van der Waals surface area contributed by atoms with Gasteiger partial charge in [-0.2, -0.15) is 4.68 Å². The molecule has 1 aliphatic rings. The number of aromatic nitrogens is 4. The van der Waals surface area contributed by atoms with Crippen molar-refractivity contribution in [2.45, 2.75) is 44.2 Å². The van der Waals surface area contributed by atoms with Gasteiger partial charge in [0.1, 0.15) is 0 Å². The Bertz CT molecular complexity index is 1080. The number of benzene rings is 2. The van der Waals surface area contributed by atoms with Gasteiger partial charge in [-0.1, -0.05) is 49.4 Å². The molecular weight excluding hydrogens is 424 g/mol. The molecule has 2 heterocycles. The average Bonchev–Trinajstić information content (AvgIpc) is 3.46. The number of carbonyl (C=O) groups is 2. The average molecular weight is 451 g/mol. The first kappa shape index (κ1) is 22.0. The van der Waals surface area contributed by atoms with E-state index in [1.807, 2.05) is 36.4 Å². The molecule has 1 saturated heterocycles. The fourth-order valence-corrected chi connectivity index (χ4v) is 4.34. The number of nitrogens with one attached hydrogen (secondary N) is 1. The zero-order chi connectivity index (χ0) is 22.3. The van der Waals surface area contributed by atoms with Crippen LogP contribution in [0.1, 0.15) is 38.2 Å². The van der Waals surface area contributed by atoms with Crippen LogP contribution in [0.3, 0.4) is 0 Å². The zero-order valence-electron chi connectivity index (χ0n) is 18.0. The summed E-state index contributed by atoms with van der Waals surface area (Å²) in [4.78, 5) is 26.5. The van der Waals surface area contributed by atoms with Gasteiger partial charge in [0.15, 0.2) is 0 Å². The lowest BCUT2D eigenvalue weighted by Gasteiger charge is -2.19. The molecule has 0 aliphatic carbocycles. The molecule has 9 heteroatoms. The van der Waals surface area contributed by atoms with Crippen LogP contribution in [0.15, 0.2) is 53.7 Å². The number of para-hydroxylation sites is 2. The highest BCUT2D eigenvalue weighted by Crippen LogP contribution is 2.29. The Balaban J connectivity index is 1.39. The number of hydrogen-bond donors (Lipinski definition) is 1. The molecule has 1 aliphatic heterocycles. The molecule has 2 aromatic carbocycles. The summed E-state index contributed by atoms with van der Waals surface area (Å²) in [7, 11) is 0. The Kier molecular flexibility index (Phi) is 7.16. The van der Waals surface area contributed by atoms with Crippen LogP contribution in [0, 0.1) is 0 Å². The predicted molar refractivity (Wildman–Crippen MR) is 125 cm³/mol. The van der Waals surface area contributed by atoms with Crippen LogP contribution in [0.5, 0.6) is 0 Å². The van der Waals surface area contributed by atoms with Crippen molar-refractivity contribution in [2.24, 2.45) is 0 Å². The Morgan fingerprint density at radius 1 is 1.16 bits per heavy atom. The van der Waals surface area contributed by atoms with E-state index in [0.29, 0.717) is 23.8 Å². The number of rotatable bonds is 9. The maximum Gasteiger partial charge on any atom is 0.234 e. The second-order valence-corrected chi connectivity index (χ2v) is 8.59. The van der Waals surface area contributed by atoms with Gasteiger partial charge in [0.05, 0.1) is 22.8 Å². The van der Waals surface area contributed by atoms with E-state index in [9.17, 15) is 9.59 Å². The van der Waals surface area contributed by atoms with Gasteiger partial charge in [-0.05, 0) is 59.5 Å². The van der Waals surface area contributed by atoms with Crippen LogP contribution >= 0.6 is 11.8 Å². The lowest BCUT2D eigenvalue weighted by Crippen LogP contribution is -2.26. The van der Waals surface area contributed by atoms with Crippen molar-refractivity contribution >= 4 is 35.0 Å². The van der Waals surface area contributed by atoms with Crippen LogP contribution in [-0.4, -0.2) is 44.3 Å². The maximum absolute atomic E-state index is 12.6. The normalized spacial score (nSPS) is 13.5. The first-order chi connectivity index (χ1) is 15.7. The topological polar surface area (TPSA) is 93.0 Å². The van der Waals surface area contributed by atoms with Gasteiger partial charge < -0.3 is 10.2 Å². The van der Waals surface area contributed by atoms with Crippen molar-refractivity contribution in [1.82, 2.24) is 20.2 Å². The van der Waals surface area contributed by atoms with Gasteiger partial charge in [-0.3, -0.25) is 9.59 Å². The van der Waals surface area contributed by atoms with Crippen molar-refractivity contribution in [3.63, 3.8) is 0 Å². The molecule has 0 bridgehead atoms. The second-order valence-electron chi connectivity index (χ2n) is 7.65. The smallest absolute Gasteiger partial charge is 0.234 e. The molecule has 3 aromatic rings. The highest BCUT2D eigenvalue weighted by molar-refractivity contribution is 7.99. The first-order valence-electron chi connectivity index (χ1n) is 10.9. The lowest BCUT2D eigenvalue weighted by molar-refractivity contribution is -0.117. The summed E-state index contributed by atoms with van der Waals surface area (Å²) in [6.45, 7) is 2.85. The molecule has 1 aromatic heterocycles. The van der Waals surface area contributed by atoms with Gasteiger partial charge >= 0.3 is 0 Å². The Hall–Kier alpha value is -3.20. The maximum atomic E-state index is 12.6. The number of tetrazole rings is 1. The summed E-state index contributed by atoms with van der Waals surface area (Å²) < 4.78 is 1.64. The van der Waals surface area contributed by atoms with Gasteiger partial charge in [0.25, 0.3) is 0 Å². The van der Waals surface area contributed by atoms with Crippen molar-refractivity contribution in [2.75, 3.05) is 22.5 Å². The van der Waals surface area contributed by atoms with Crippen LogP contribution in [0.2, 0.25) is 0 Å². The number of nitrogens with zero attached hydrogens (tertiary/aromatic N) is 5.